The van der Waals surface area contributed by atoms with E-state index < -0.39 is 23.7 Å². The Morgan fingerprint density at radius 1 is 1.25 bits per heavy atom. The predicted molar refractivity (Wildman–Crippen MR) is 128 cm³/mol. The largest absolute Gasteiger partial charge is 0.322 e. The summed E-state index contributed by atoms with van der Waals surface area (Å²) in [5, 5.41) is 2.78. The number of nitrogens with one attached hydrogen (secondary N) is 1. The van der Waals surface area contributed by atoms with Crippen LogP contribution in [0.4, 0.5) is 10.2 Å². The number of hydrogen-bond donors (Lipinski definition) is 1. The Morgan fingerprint density at radius 2 is 2.03 bits per heavy atom. The normalized spacial score (nSPS) is 26.1. The summed E-state index contributed by atoms with van der Waals surface area (Å²) < 4.78 is 14.8. The Bertz CT molecular complexity index is 1380. The molecule has 186 valence electrons. The maximum Gasteiger partial charge on any atom is 0.258 e. The van der Waals surface area contributed by atoms with E-state index in [0.29, 0.717) is 29.4 Å². The van der Waals surface area contributed by atoms with Crippen molar-refractivity contribution in [1.82, 2.24) is 15.2 Å². The lowest BCUT2D eigenvalue weighted by Gasteiger charge is -2.29. The highest BCUT2D eigenvalue weighted by molar-refractivity contribution is 6.30. The van der Waals surface area contributed by atoms with Gasteiger partial charge in [-0.1, -0.05) is 31.5 Å². The van der Waals surface area contributed by atoms with Gasteiger partial charge in [-0.2, -0.15) is 0 Å². The van der Waals surface area contributed by atoms with Crippen LogP contribution in [0.1, 0.15) is 66.1 Å². The molecule has 1 saturated carbocycles. The summed E-state index contributed by atoms with van der Waals surface area (Å²) in [6, 6.07) is 3.93. The third-order valence-corrected chi connectivity index (χ3v) is 8.04. The predicted octanol–water partition coefficient (Wildman–Crippen LogP) is 3.06. The number of imide groups is 1. The molecule has 1 N–H and O–H groups in total. The van der Waals surface area contributed by atoms with Gasteiger partial charge in [-0.3, -0.25) is 29.4 Å². The van der Waals surface area contributed by atoms with Crippen LogP contribution in [0.15, 0.2) is 24.4 Å². The Kier molecular flexibility index (Phi) is 5.02. The third kappa shape index (κ3) is 3.43. The highest BCUT2D eigenvalue weighted by Gasteiger charge is 2.52. The first-order valence-corrected chi connectivity index (χ1v) is 12.4. The van der Waals surface area contributed by atoms with E-state index in [2.05, 4.69) is 10.3 Å². The van der Waals surface area contributed by atoms with E-state index in [9.17, 15) is 23.6 Å². The molecular formula is C26H24ClFN4O4. The zero-order valence-corrected chi connectivity index (χ0v) is 20.6. The van der Waals surface area contributed by atoms with Crippen molar-refractivity contribution in [3.05, 3.63) is 57.5 Å². The first-order chi connectivity index (χ1) is 17.1. The van der Waals surface area contributed by atoms with Gasteiger partial charge in [0.15, 0.2) is 0 Å². The Morgan fingerprint density at radius 3 is 2.78 bits per heavy atom. The van der Waals surface area contributed by atoms with Crippen LogP contribution in [0.25, 0.3) is 0 Å². The molecule has 4 amide bonds. The molecule has 8 nitrogen and oxygen atoms in total. The Balaban J connectivity index is 1.26. The van der Waals surface area contributed by atoms with Gasteiger partial charge in [0.1, 0.15) is 17.7 Å². The first-order valence-electron chi connectivity index (χ1n) is 12.0. The van der Waals surface area contributed by atoms with Crippen molar-refractivity contribution in [1.29, 1.82) is 0 Å². The Hall–Kier alpha value is -3.33. The Labute approximate surface area is 211 Å². The van der Waals surface area contributed by atoms with Crippen molar-refractivity contribution >= 4 is 41.0 Å². The quantitative estimate of drug-likeness (QED) is 0.640. The van der Waals surface area contributed by atoms with Gasteiger partial charge >= 0.3 is 0 Å². The highest BCUT2D eigenvalue weighted by atomic mass is 35.5. The minimum Gasteiger partial charge on any atom is -0.322 e. The number of hydrogen-bond acceptors (Lipinski definition) is 5. The lowest BCUT2D eigenvalue weighted by atomic mass is 9.88. The van der Waals surface area contributed by atoms with Crippen molar-refractivity contribution in [2.24, 2.45) is 5.92 Å². The SMILES string of the molecule is CC1(C)CN(C(=O)[C@@H]2C[C@H]2c2ccc(F)c3c2CN(C2CCC(=O)NC2=O)C3=O)c2ncc(Cl)cc21. The number of benzene rings is 1. The molecule has 2 fully saturated rings. The van der Waals surface area contributed by atoms with Crippen molar-refractivity contribution in [3.63, 3.8) is 0 Å². The maximum absolute atomic E-state index is 14.8. The van der Waals surface area contributed by atoms with Gasteiger partial charge in [-0.15, -0.1) is 0 Å². The molecule has 1 aromatic carbocycles. The van der Waals surface area contributed by atoms with E-state index >= 15 is 0 Å². The number of aromatic nitrogens is 1. The molecule has 0 spiro atoms. The number of piperidine rings is 1. The summed E-state index contributed by atoms with van der Waals surface area (Å²) in [5.74, 6) is -2.02. The fraction of sp³-hybridized carbons (Fsp3) is 0.423. The topological polar surface area (TPSA) is 99.7 Å². The summed E-state index contributed by atoms with van der Waals surface area (Å²) >= 11 is 6.15. The standard InChI is InChI=1S/C26H24ClFN4O4/c1-26(2)11-32(22-17(26)7-12(27)9-29-22)24(35)15-8-14(15)13-3-4-18(28)21-16(13)10-31(25(21)36)19-5-6-20(33)30-23(19)34/h3-4,7,9,14-15,19H,5-6,8,10-11H2,1-2H3,(H,30,33,34)/t14-,15+,19?/m0/s1. The van der Waals surface area contributed by atoms with Gasteiger partial charge in [-0.05, 0) is 42.0 Å². The third-order valence-electron chi connectivity index (χ3n) is 7.83. The molecule has 6 rings (SSSR count). The molecular weight excluding hydrogens is 487 g/mol. The second kappa shape index (κ2) is 7.83. The van der Waals surface area contributed by atoms with E-state index in [4.69, 9.17) is 11.6 Å². The molecule has 1 unspecified atom stereocenters. The van der Waals surface area contributed by atoms with Gasteiger partial charge in [0.05, 0.1) is 10.6 Å². The van der Waals surface area contributed by atoms with Crippen LogP contribution >= 0.6 is 11.6 Å². The van der Waals surface area contributed by atoms with Crippen LogP contribution in [0.5, 0.6) is 0 Å². The molecule has 4 aliphatic rings. The number of carbonyl (C=O) groups is 4. The van der Waals surface area contributed by atoms with Crippen molar-refractivity contribution < 1.29 is 23.6 Å². The lowest BCUT2D eigenvalue weighted by Crippen LogP contribution is -2.52. The van der Waals surface area contributed by atoms with Crippen molar-refractivity contribution in [2.45, 2.75) is 57.0 Å². The number of amides is 4. The average molecular weight is 511 g/mol. The molecule has 0 radical (unpaired) electrons. The number of halogens is 2. The second-order valence-corrected chi connectivity index (χ2v) is 11.1. The fourth-order valence-electron chi connectivity index (χ4n) is 5.90. The fourth-order valence-corrected chi connectivity index (χ4v) is 6.05. The maximum atomic E-state index is 14.8. The molecule has 0 bridgehead atoms. The molecule has 4 heterocycles. The summed E-state index contributed by atoms with van der Waals surface area (Å²) in [5.41, 5.74) is 1.87. The van der Waals surface area contributed by atoms with Crippen molar-refractivity contribution in [2.75, 3.05) is 11.4 Å². The van der Waals surface area contributed by atoms with Gasteiger partial charge in [0, 0.05) is 42.6 Å². The molecule has 36 heavy (non-hydrogen) atoms. The first kappa shape index (κ1) is 23.1. The summed E-state index contributed by atoms with van der Waals surface area (Å²) in [6.45, 7) is 4.65. The van der Waals surface area contributed by atoms with Crippen LogP contribution in [0.3, 0.4) is 0 Å². The van der Waals surface area contributed by atoms with E-state index in [0.717, 1.165) is 11.1 Å². The minimum absolute atomic E-state index is 0.0424. The monoisotopic (exact) mass is 510 g/mol. The second-order valence-electron chi connectivity index (χ2n) is 10.7. The van der Waals surface area contributed by atoms with E-state index in [1.807, 2.05) is 19.9 Å². The molecule has 1 aliphatic carbocycles. The van der Waals surface area contributed by atoms with Gasteiger partial charge < -0.3 is 4.90 Å². The minimum atomic E-state index is -0.826. The number of carbonyl (C=O) groups excluding carboxylic acids is 4. The van der Waals surface area contributed by atoms with Crippen LogP contribution in [0, 0.1) is 11.7 Å². The molecule has 1 aromatic heterocycles. The summed E-state index contributed by atoms with van der Waals surface area (Å²) in [7, 11) is 0. The van der Waals surface area contributed by atoms with Crippen LogP contribution < -0.4 is 10.2 Å². The van der Waals surface area contributed by atoms with Gasteiger partial charge in [-0.25, -0.2) is 9.37 Å². The lowest BCUT2D eigenvalue weighted by molar-refractivity contribution is -0.137. The molecule has 10 heteroatoms. The van der Waals surface area contributed by atoms with E-state index in [-0.39, 0.29) is 54.0 Å². The van der Waals surface area contributed by atoms with E-state index in [1.54, 1.807) is 11.0 Å². The zero-order chi connectivity index (χ0) is 25.5. The molecule has 3 atom stereocenters. The molecule has 3 aliphatic heterocycles. The average Bonchev–Trinajstić information content (AvgIpc) is 3.47. The summed E-state index contributed by atoms with van der Waals surface area (Å²) in [4.78, 5) is 58.1. The smallest absolute Gasteiger partial charge is 0.258 e. The van der Waals surface area contributed by atoms with Crippen LogP contribution in [0.2, 0.25) is 5.02 Å². The highest BCUT2D eigenvalue weighted by Crippen LogP contribution is 2.53. The summed E-state index contributed by atoms with van der Waals surface area (Å²) in [6.07, 6.45) is 2.45. The van der Waals surface area contributed by atoms with Crippen molar-refractivity contribution in [3.8, 4) is 0 Å². The number of rotatable bonds is 3. The number of nitrogens with zero attached hydrogens (tertiary/aromatic N) is 3. The van der Waals surface area contributed by atoms with Crippen LogP contribution in [-0.4, -0.2) is 46.1 Å². The number of anilines is 1. The van der Waals surface area contributed by atoms with E-state index in [1.165, 1.54) is 17.2 Å². The van der Waals surface area contributed by atoms with Crippen LogP contribution in [-0.2, 0) is 26.3 Å². The number of pyridine rings is 1. The van der Waals surface area contributed by atoms with Gasteiger partial charge in [0.2, 0.25) is 17.7 Å². The number of fused-ring (bicyclic) bond motifs is 2. The molecule has 2 aromatic rings. The van der Waals surface area contributed by atoms with Gasteiger partial charge in [0.25, 0.3) is 5.91 Å². The molecule has 1 saturated heterocycles. The zero-order valence-electron chi connectivity index (χ0n) is 19.8.